The van der Waals surface area contributed by atoms with Crippen LogP contribution in [0.15, 0.2) is 11.1 Å². The highest BCUT2D eigenvalue weighted by Crippen LogP contribution is 2.41. The summed E-state index contributed by atoms with van der Waals surface area (Å²) in [5.74, 6) is -2.39. The van der Waals surface area contributed by atoms with E-state index >= 15 is 0 Å². The largest absolute Gasteiger partial charge is 0.481 e. The summed E-state index contributed by atoms with van der Waals surface area (Å²) in [6.07, 6.45) is 0.0272. The van der Waals surface area contributed by atoms with E-state index in [9.17, 15) is 14.8 Å². The van der Waals surface area contributed by atoms with Crippen molar-refractivity contribution in [2.75, 3.05) is 0 Å². The predicted molar refractivity (Wildman–Crippen MR) is 66.8 cm³/mol. The standard InChI is InChI=1S/C13H20NO5/c1-12(2)6-8(7-13(3,4)14(12)19)9(11(17)18)5-10(15)16/h5-7H2,1-4H3,(H,15,16)(H,17,18). The SMILES string of the molecule is CC1(C)CC(=C(CC(=O)O)C(=O)O)CC(C)(C)N1[O]. The third-order valence-corrected chi connectivity index (χ3v) is 3.40. The van der Waals surface area contributed by atoms with Crippen LogP contribution >= 0.6 is 0 Å². The fourth-order valence-electron chi connectivity index (χ4n) is 2.79. The Morgan fingerprint density at radius 1 is 1.11 bits per heavy atom. The smallest absolute Gasteiger partial charge is 0.332 e. The molecule has 0 amide bonds. The summed E-state index contributed by atoms with van der Waals surface area (Å²) in [4.78, 5) is 22.0. The Morgan fingerprint density at radius 3 is 1.84 bits per heavy atom. The molecule has 1 heterocycles. The van der Waals surface area contributed by atoms with Crippen molar-refractivity contribution < 1.29 is 25.0 Å². The molecule has 19 heavy (non-hydrogen) atoms. The maximum Gasteiger partial charge on any atom is 0.332 e. The van der Waals surface area contributed by atoms with E-state index < -0.39 is 29.4 Å². The van der Waals surface area contributed by atoms with Gasteiger partial charge in [-0.3, -0.25) is 4.79 Å². The molecule has 1 fully saturated rings. The van der Waals surface area contributed by atoms with Crippen LogP contribution in [0.1, 0.15) is 47.0 Å². The highest BCUT2D eigenvalue weighted by molar-refractivity contribution is 5.93. The van der Waals surface area contributed by atoms with Crippen molar-refractivity contribution >= 4 is 11.9 Å². The molecule has 0 spiro atoms. The van der Waals surface area contributed by atoms with E-state index in [2.05, 4.69) is 0 Å². The third-order valence-electron chi connectivity index (χ3n) is 3.40. The Labute approximate surface area is 112 Å². The van der Waals surface area contributed by atoms with Gasteiger partial charge in [-0.15, -0.1) is 10.3 Å². The van der Waals surface area contributed by atoms with Crippen LogP contribution in [0.2, 0.25) is 0 Å². The molecule has 6 nitrogen and oxygen atoms in total. The van der Waals surface area contributed by atoms with Crippen molar-refractivity contribution in [3.05, 3.63) is 11.1 Å². The molecule has 1 aliphatic rings. The summed E-state index contributed by atoms with van der Waals surface area (Å²) in [5.41, 5.74) is -1.02. The lowest BCUT2D eigenvalue weighted by Crippen LogP contribution is -2.56. The Bertz CT molecular complexity index is 416. The van der Waals surface area contributed by atoms with Gasteiger partial charge < -0.3 is 10.2 Å². The molecule has 1 radical (unpaired) electrons. The monoisotopic (exact) mass is 270 g/mol. The fourth-order valence-corrected chi connectivity index (χ4v) is 2.79. The van der Waals surface area contributed by atoms with E-state index in [1.165, 1.54) is 0 Å². The van der Waals surface area contributed by atoms with Gasteiger partial charge in [-0.1, -0.05) is 5.57 Å². The highest BCUT2D eigenvalue weighted by atomic mass is 16.5. The minimum atomic E-state index is -1.22. The summed E-state index contributed by atoms with van der Waals surface area (Å²) in [6, 6.07) is 0. The van der Waals surface area contributed by atoms with E-state index in [1.54, 1.807) is 27.7 Å². The second kappa shape index (κ2) is 4.94. The topological polar surface area (TPSA) is 97.7 Å². The lowest BCUT2D eigenvalue weighted by Gasteiger charge is -2.48. The van der Waals surface area contributed by atoms with Gasteiger partial charge in [0, 0.05) is 16.7 Å². The van der Waals surface area contributed by atoms with E-state index in [1.807, 2.05) is 0 Å². The molecule has 107 valence electrons. The molecule has 0 aromatic rings. The van der Waals surface area contributed by atoms with Gasteiger partial charge in [0.25, 0.3) is 0 Å². The maximum absolute atomic E-state index is 12.2. The number of piperidine rings is 1. The molecule has 1 rings (SSSR count). The minimum Gasteiger partial charge on any atom is -0.481 e. The molecular weight excluding hydrogens is 250 g/mol. The lowest BCUT2D eigenvalue weighted by molar-refractivity contribution is -0.279. The molecule has 0 aromatic carbocycles. The maximum atomic E-state index is 12.2. The number of hydroxylamine groups is 2. The Hall–Kier alpha value is -1.40. The van der Waals surface area contributed by atoms with Crippen LogP contribution in [0.4, 0.5) is 0 Å². The average Bonchev–Trinajstić information content (AvgIpc) is 2.21. The summed E-state index contributed by atoms with van der Waals surface area (Å²) >= 11 is 0. The van der Waals surface area contributed by atoms with Crippen LogP contribution in [0, 0.1) is 0 Å². The third kappa shape index (κ3) is 3.33. The van der Waals surface area contributed by atoms with Crippen molar-refractivity contribution in [1.29, 1.82) is 0 Å². The zero-order valence-electron chi connectivity index (χ0n) is 11.7. The van der Waals surface area contributed by atoms with Gasteiger partial charge >= 0.3 is 11.9 Å². The van der Waals surface area contributed by atoms with Crippen LogP contribution in [0.25, 0.3) is 0 Å². The van der Waals surface area contributed by atoms with Gasteiger partial charge in [-0.25, -0.2) is 4.79 Å². The van der Waals surface area contributed by atoms with Crippen molar-refractivity contribution in [1.82, 2.24) is 5.06 Å². The molecule has 0 bridgehead atoms. The zero-order chi connectivity index (χ0) is 15.0. The van der Waals surface area contributed by atoms with Crippen LogP contribution < -0.4 is 0 Å². The van der Waals surface area contributed by atoms with E-state index in [0.29, 0.717) is 5.57 Å². The van der Waals surface area contributed by atoms with Gasteiger partial charge in [0.2, 0.25) is 0 Å². The first-order valence-electron chi connectivity index (χ1n) is 6.11. The second-order valence-corrected chi connectivity index (χ2v) is 6.23. The number of carbonyl (C=O) groups is 2. The Balaban J connectivity index is 3.24. The van der Waals surface area contributed by atoms with Crippen LogP contribution in [0.5, 0.6) is 0 Å². The summed E-state index contributed by atoms with van der Waals surface area (Å²) < 4.78 is 0. The molecular formula is C13H20NO5. The summed E-state index contributed by atoms with van der Waals surface area (Å²) in [6.45, 7) is 6.95. The molecule has 0 atom stereocenters. The van der Waals surface area contributed by atoms with Crippen LogP contribution in [0.3, 0.4) is 0 Å². The Morgan fingerprint density at radius 2 is 1.53 bits per heavy atom. The fraction of sp³-hybridized carbons (Fsp3) is 0.692. The van der Waals surface area contributed by atoms with Crippen molar-refractivity contribution in [2.24, 2.45) is 0 Å². The quantitative estimate of drug-likeness (QED) is 0.762. The molecule has 6 heteroatoms. The van der Waals surface area contributed by atoms with Gasteiger partial charge in [-0.05, 0) is 40.5 Å². The van der Waals surface area contributed by atoms with E-state index in [4.69, 9.17) is 10.2 Å². The molecule has 1 saturated heterocycles. The first-order chi connectivity index (χ1) is 8.47. The van der Waals surface area contributed by atoms with Crippen LogP contribution in [-0.4, -0.2) is 38.3 Å². The van der Waals surface area contributed by atoms with Crippen molar-refractivity contribution in [2.45, 2.75) is 58.0 Å². The number of rotatable bonds is 3. The summed E-state index contributed by atoms with van der Waals surface area (Å²) in [7, 11) is 0. The molecule has 0 saturated carbocycles. The van der Waals surface area contributed by atoms with Crippen LogP contribution in [-0.2, 0) is 14.8 Å². The zero-order valence-corrected chi connectivity index (χ0v) is 11.7. The van der Waals surface area contributed by atoms with Crippen molar-refractivity contribution in [3.63, 3.8) is 0 Å². The Kier molecular flexibility index (Phi) is 4.07. The number of hydrogen-bond donors (Lipinski definition) is 2. The predicted octanol–water partition coefficient (Wildman–Crippen LogP) is 1.84. The number of hydrogen-bond acceptors (Lipinski definition) is 3. The lowest BCUT2D eigenvalue weighted by atomic mass is 9.76. The summed E-state index contributed by atoms with van der Waals surface area (Å²) in [5, 5.41) is 31.1. The number of carboxylic acids is 2. The highest BCUT2D eigenvalue weighted by Gasteiger charge is 2.45. The van der Waals surface area contributed by atoms with Gasteiger partial charge in [0.1, 0.15) is 0 Å². The molecule has 1 aliphatic heterocycles. The number of aliphatic carboxylic acids is 2. The average molecular weight is 270 g/mol. The molecule has 0 unspecified atom stereocenters. The normalized spacial score (nSPS) is 22.1. The van der Waals surface area contributed by atoms with E-state index in [-0.39, 0.29) is 18.4 Å². The number of carboxylic acid groups (broad SMARTS) is 2. The van der Waals surface area contributed by atoms with Crippen molar-refractivity contribution in [3.8, 4) is 0 Å². The molecule has 2 N–H and O–H groups in total. The van der Waals surface area contributed by atoms with Gasteiger partial charge in [-0.2, -0.15) is 0 Å². The van der Waals surface area contributed by atoms with Gasteiger partial charge in [0.15, 0.2) is 0 Å². The first-order valence-corrected chi connectivity index (χ1v) is 6.11. The number of nitrogens with zero attached hydrogens (tertiary/aromatic N) is 1. The molecule has 0 aromatic heterocycles. The van der Waals surface area contributed by atoms with Gasteiger partial charge in [0.05, 0.1) is 6.42 Å². The second-order valence-electron chi connectivity index (χ2n) is 6.23. The molecule has 0 aliphatic carbocycles. The first kappa shape index (κ1) is 15.7. The minimum absolute atomic E-state index is 0.0956. The van der Waals surface area contributed by atoms with E-state index in [0.717, 1.165) is 5.06 Å².